The number of imidazole rings is 1. The summed E-state index contributed by atoms with van der Waals surface area (Å²) in [4.78, 5) is 11.3. The zero-order valence-corrected chi connectivity index (χ0v) is 16.4. The monoisotopic (exact) mass is 400 g/mol. The summed E-state index contributed by atoms with van der Waals surface area (Å²) in [6.07, 6.45) is 5.99. The van der Waals surface area contributed by atoms with E-state index >= 15 is 0 Å². The lowest BCUT2D eigenvalue weighted by molar-refractivity contribution is 0.439. The fourth-order valence-corrected chi connectivity index (χ4v) is 4.31. The molecule has 1 spiro atoms. The standard InChI is InChI=1S/C23H21FN6/c24-18-3-1-16(2-4-18)21-22(17-7-11-25-12-8-17)30-19(27-21)5-6-20(28-30)29-14-13-26-23(15-29)9-10-23/h1-8,11-12,26H,9-10,13-15H2. The number of pyridine rings is 1. The van der Waals surface area contributed by atoms with Crippen molar-refractivity contribution < 1.29 is 4.39 Å². The van der Waals surface area contributed by atoms with Crippen LogP contribution in [0.3, 0.4) is 0 Å². The molecule has 6 nitrogen and oxygen atoms in total. The first kappa shape index (κ1) is 17.5. The van der Waals surface area contributed by atoms with Crippen molar-refractivity contribution in [2.24, 2.45) is 0 Å². The number of anilines is 1. The Kier molecular flexibility index (Phi) is 3.86. The van der Waals surface area contributed by atoms with Gasteiger partial charge in [0.2, 0.25) is 0 Å². The zero-order chi connectivity index (χ0) is 20.1. The zero-order valence-electron chi connectivity index (χ0n) is 16.4. The van der Waals surface area contributed by atoms with E-state index in [-0.39, 0.29) is 11.4 Å². The first-order chi connectivity index (χ1) is 14.7. The number of nitrogens with zero attached hydrogens (tertiary/aromatic N) is 5. The number of hydrogen-bond donors (Lipinski definition) is 1. The maximum Gasteiger partial charge on any atom is 0.155 e. The second kappa shape index (κ2) is 6.60. The molecule has 4 aromatic rings. The molecule has 1 aromatic carbocycles. The summed E-state index contributed by atoms with van der Waals surface area (Å²) < 4.78 is 15.4. The molecule has 0 unspecified atom stereocenters. The van der Waals surface area contributed by atoms with Gasteiger partial charge in [0.1, 0.15) is 17.3 Å². The Bertz CT molecular complexity index is 1210. The van der Waals surface area contributed by atoms with Gasteiger partial charge in [-0.15, -0.1) is 5.10 Å². The summed E-state index contributed by atoms with van der Waals surface area (Å²) >= 11 is 0. The Morgan fingerprint density at radius 2 is 1.73 bits per heavy atom. The highest BCUT2D eigenvalue weighted by atomic mass is 19.1. The molecule has 6 rings (SSSR count). The van der Waals surface area contributed by atoms with Crippen molar-refractivity contribution in [2.75, 3.05) is 24.5 Å². The summed E-state index contributed by atoms with van der Waals surface area (Å²) in [6, 6.07) is 14.4. The van der Waals surface area contributed by atoms with Gasteiger partial charge in [0, 0.05) is 48.7 Å². The highest BCUT2D eigenvalue weighted by molar-refractivity contribution is 5.81. The van der Waals surface area contributed by atoms with E-state index in [0.29, 0.717) is 0 Å². The molecule has 4 heterocycles. The minimum atomic E-state index is -0.263. The number of halogens is 1. The Morgan fingerprint density at radius 1 is 0.933 bits per heavy atom. The second-order valence-electron chi connectivity index (χ2n) is 8.14. The van der Waals surface area contributed by atoms with Crippen molar-refractivity contribution in [1.29, 1.82) is 0 Å². The first-order valence-corrected chi connectivity index (χ1v) is 10.3. The molecule has 150 valence electrons. The van der Waals surface area contributed by atoms with E-state index in [0.717, 1.165) is 53.6 Å². The molecule has 1 N–H and O–H groups in total. The average molecular weight is 400 g/mol. The van der Waals surface area contributed by atoms with Gasteiger partial charge in [-0.05, 0) is 61.4 Å². The van der Waals surface area contributed by atoms with Crippen LogP contribution in [0.4, 0.5) is 10.2 Å². The number of benzene rings is 1. The van der Waals surface area contributed by atoms with E-state index < -0.39 is 0 Å². The molecule has 2 aliphatic rings. The number of nitrogens with one attached hydrogen (secondary N) is 1. The summed E-state index contributed by atoms with van der Waals surface area (Å²) in [5.41, 5.74) is 4.54. The van der Waals surface area contributed by atoms with E-state index in [1.807, 2.05) is 22.7 Å². The van der Waals surface area contributed by atoms with Crippen LogP contribution in [0.5, 0.6) is 0 Å². The van der Waals surface area contributed by atoms with Gasteiger partial charge in [0.25, 0.3) is 0 Å². The third-order valence-electron chi connectivity index (χ3n) is 6.09. The second-order valence-corrected chi connectivity index (χ2v) is 8.14. The molecule has 2 fully saturated rings. The maximum atomic E-state index is 13.5. The number of fused-ring (bicyclic) bond motifs is 1. The number of piperazine rings is 1. The first-order valence-electron chi connectivity index (χ1n) is 10.3. The van der Waals surface area contributed by atoms with Gasteiger partial charge in [-0.3, -0.25) is 4.98 Å². The van der Waals surface area contributed by atoms with Crippen LogP contribution < -0.4 is 10.2 Å². The molecule has 1 aliphatic carbocycles. The minimum Gasteiger partial charge on any atom is -0.352 e. The van der Waals surface area contributed by atoms with E-state index in [1.54, 1.807) is 24.5 Å². The molecule has 1 saturated carbocycles. The maximum absolute atomic E-state index is 13.5. The number of rotatable bonds is 3. The molecular formula is C23H21FN6. The average Bonchev–Trinajstić information content (AvgIpc) is 3.41. The van der Waals surface area contributed by atoms with Crippen molar-refractivity contribution in [3.8, 4) is 22.5 Å². The fourth-order valence-electron chi connectivity index (χ4n) is 4.31. The molecule has 1 aliphatic heterocycles. The lowest BCUT2D eigenvalue weighted by Gasteiger charge is -2.34. The Morgan fingerprint density at radius 3 is 2.50 bits per heavy atom. The highest BCUT2D eigenvalue weighted by Gasteiger charge is 2.45. The van der Waals surface area contributed by atoms with E-state index in [1.165, 1.54) is 25.0 Å². The predicted octanol–water partition coefficient (Wildman–Crippen LogP) is 3.54. The van der Waals surface area contributed by atoms with Crippen molar-refractivity contribution in [2.45, 2.75) is 18.4 Å². The van der Waals surface area contributed by atoms with Gasteiger partial charge in [-0.25, -0.2) is 13.9 Å². The molecule has 0 amide bonds. The van der Waals surface area contributed by atoms with Gasteiger partial charge >= 0.3 is 0 Å². The lowest BCUT2D eigenvalue weighted by Crippen LogP contribution is -2.52. The van der Waals surface area contributed by atoms with Crippen LogP contribution in [0, 0.1) is 5.82 Å². The van der Waals surface area contributed by atoms with Crippen molar-refractivity contribution in [3.63, 3.8) is 0 Å². The predicted molar refractivity (Wildman–Crippen MR) is 114 cm³/mol. The van der Waals surface area contributed by atoms with Crippen LogP contribution in [-0.2, 0) is 0 Å². The normalized spacial score (nSPS) is 17.6. The van der Waals surface area contributed by atoms with Crippen LogP contribution in [0.2, 0.25) is 0 Å². The molecule has 7 heteroatoms. The summed E-state index contributed by atoms with van der Waals surface area (Å²) in [5.74, 6) is 0.690. The van der Waals surface area contributed by atoms with E-state index in [4.69, 9.17) is 10.1 Å². The van der Waals surface area contributed by atoms with E-state index in [9.17, 15) is 4.39 Å². The Hall–Kier alpha value is -3.32. The molecular weight excluding hydrogens is 379 g/mol. The topological polar surface area (TPSA) is 58.4 Å². The summed E-state index contributed by atoms with van der Waals surface area (Å²) in [5, 5.41) is 8.64. The quantitative estimate of drug-likeness (QED) is 0.570. The van der Waals surface area contributed by atoms with Crippen molar-refractivity contribution >= 4 is 11.5 Å². The molecule has 0 atom stereocenters. The smallest absolute Gasteiger partial charge is 0.155 e. The molecule has 0 bridgehead atoms. The van der Waals surface area contributed by atoms with E-state index in [2.05, 4.69) is 21.3 Å². The van der Waals surface area contributed by atoms with Crippen molar-refractivity contribution in [3.05, 3.63) is 66.7 Å². The van der Waals surface area contributed by atoms with Crippen molar-refractivity contribution in [1.82, 2.24) is 24.9 Å². The summed E-state index contributed by atoms with van der Waals surface area (Å²) in [6.45, 7) is 2.89. The fraction of sp³-hybridized carbons (Fsp3) is 0.261. The largest absolute Gasteiger partial charge is 0.352 e. The van der Waals surface area contributed by atoms with Crippen LogP contribution in [0.1, 0.15) is 12.8 Å². The molecule has 3 aromatic heterocycles. The van der Waals surface area contributed by atoms with Crippen LogP contribution in [-0.4, -0.2) is 44.8 Å². The minimum absolute atomic E-state index is 0.263. The van der Waals surface area contributed by atoms with Gasteiger partial charge in [-0.1, -0.05) is 0 Å². The SMILES string of the molecule is Fc1ccc(-c2nc3ccc(N4CCNC5(CC5)C4)nn3c2-c2ccncc2)cc1. The van der Waals surface area contributed by atoms with Crippen LogP contribution in [0.15, 0.2) is 60.9 Å². The summed E-state index contributed by atoms with van der Waals surface area (Å²) in [7, 11) is 0. The number of hydrogen-bond acceptors (Lipinski definition) is 5. The third kappa shape index (κ3) is 2.93. The molecule has 0 radical (unpaired) electrons. The Balaban J connectivity index is 1.51. The van der Waals surface area contributed by atoms with Gasteiger partial charge in [0.15, 0.2) is 5.65 Å². The van der Waals surface area contributed by atoms with Gasteiger partial charge in [0.05, 0.1) is 5.69 Å². The molecule has 30 heavy (non-hydrogen) atoms. The van der Waals surface area contributed by atoms with Crippen LogP contribution in [0.25, 0.3) is 28.2 Å². The number of aromatic nitrogens is 4. The van der Waals surface area contributed by atoms with Gasteiger partial charge in [-0.2, -0.15) is 0 Å². The lowest BCUT2D eigenvalue weighted by atomic mass is 10.1. The highest BCUT2D eigenvalue weighted by Crippen LogP contribution is 2.39. The van der Waals surface area contributed by atoms with Crippen LogP contribution >= 0.6 is 0 Å². The van der Waals surface area contributed by atoms with Gasteiger partial charge < -0.3 is 10.2 Å². The molecule has 1 saturated heterocycles. The Labute approximate surface area is 173 Å². The third-order valence-corrected chi connectivity index (χ3v) is 6.09.